The zero-order valence-corrected chi connectivity index (χ0v) is 10.7. The summed E-state index contributed by atoms with van der Waals surface area (Å²) in [5.41, 5.74) is 1.04. The van der Waals surface area contributed by atoms with Gasteiger partial charge in [0.15, 0.2) is 0 Å². The number of hydrogen-bond acceptors (Lipinski definition) is 2. The van der Waals surface area contributed by atoms with Gasteiger partial charge in [-0.2, -0.15) is 0 Å². The van der Waals surface area contributed by atoms with Crippen LogP contribution in [-0.2, 0) is 5.88 Å². The average molecular weight is 292 g/mol. The maximum absolute atomic E-state index is 5.83. The molecule has 4 heteroatoms. The first-order valence-electron chi connectivity index (χ1n) is 4.06. The minimum atomic E-state index is 0.481. The third-order valence-corrected chi connectivity index (χ3v) is 3.92. The molecule has 1 nitrogen and oxygen atoms in total. The van der Waals surface area contributed by atoms with E-state index in [1.165, 1.54) is 10.1 Å². The molecule has 0 aliphatic heterocycles. The molecule has 2 rings (SSSR count). The molecule has 1 aromatic carbocycles. The number of ether oxygens (including phenoxy) is 1. The smallest absolute Gasteiger partial charge is 0.123 e. The molecular formula is C10H8BrClOS. The van der Waals surface area contributed by atoms with Gasteiger partial charge >= 0.3 is 0 Å². The van der Waals surface area contributed by atoms with Gasteiger partial charge in [-0.25, -0.2) is 0 Å². The first kappa shape index (κ1) is 10.3. The Morgan fingerprint density at radius 2 is 2.21 bits per heavy atom. The van der Waals surface area contributed by atoms with E-state index in [1.807, 2.05) is 6.07 Å². The second kappa shape index (κ2) is 4.09. The van der Waals surface area contributed by atoms with Crippen LogP contribution in [0.15, 0.2) is 22.0 Å². The van der Waals surface area contributed by atoms with Crippen molar-refractivity contribution in [3.8, 4) is 5.75 Å². The Balaban J connectivity index is 2.68. The Hall–Kier alpha value is -0.250. The molecule has 14 heavy (non-hydrogen) atoms. The number of thiophene rings is 1. The van der Waals surface area contributed by atoms with Gasteiger partial charge in [-0.15, -0.1) is 22.9 Å². The summed E-state index contributed by atoms with van der Waals surface area (Å²) in [7, 11) is 1.67. The van der Waals surface area contributed by atoms with Crippen molar-refractivity contribution < 1.29 is 4.74 Å². The largest absolute Gasteiger partial charge is 0.496 e. The van der Waals surface area contributed by atoms with Crippen molar-refractivity contribution >= 4 is 49.0 Å². The summed E-state index contributed by atoms with van der Waals surface area (Å²) in [6, 6.07) is 6.19. The van der Waals surface area contributed by atoms with Crippen LogP contribution in [0.3, 0.4) is 0 Å². The first-order chi connectivity index (χ1) is 6.74. The summed E-state index contributed by atoms with van der Waals surface area (Å²) in [6.07, 6.45) is 0. The van der Waals surface area contributed by atoms with Crippen LogP contribution in [0, 0.1) is 0 Å². The highest BCUT2D eigenvalue weighted by Crippen LogP contribution is 2.34. The standard InChI is InChI=1S/C10H8BrClOS/c1-13-8-2-6-4-10(11)14-9(6)3-7(8)5-12/h2-4H,5H2,1H3. The van der Waals surface area contributed by atoms with Crippen LogP contribution in [0.1, 0.15) is 5.56 Å². The second-order valence-electron chi connectivity index (χ2n) is 2.89. The molecule has 2 aromatic rings. The highest BCUT2D eigenvalue weighted by Gasteiger charge is 2.06. The van der Waals surface area contributed by atoms with Crippen LogP contribution in [0.4, 0.5) is 0 Å². The molecule has 0 fully saturated rings. The van der Waals surface area contributed by atoms with Gasteiger partial charge in [0.05, 0.1) is 16.8 Å². The SMILES string of the molecule is COc1cc2cc(Br)sc2cc1CCl. The number of alkyl halides is 1. The highest BCUT2D eigenvalue weighted by molar-refractivity contribution is 9.11. The number of halogens is 2. The van der Waals surface area contributed by atoms with Crippen molar-refractivity contribution in [2.24, 2.45) is 0 Å². The van der Waals surface area contributed by atoms with Gasteiger partial charge in [0.1, 0.15) is 5.75 Å². The molecule has 0 aliphatic carbocycles. The van der Waals surface area contributed by atoms with Crippen molar-refractivity contribution in [2.45, 2.75) is 5.88 Å². The lowest BCUT2D eigenvalue weighted by Crippen LogP contribution is -1.88. The topological polar surface area (TPSA) is 9.23 Å². The summed E-state index contributed by atoms with van der Waals surface area (Å²) in [5.74, 6) is 1.34. The number of rotatable bonds is 2. The molecule has 0 saturated heterocycles. The van der Waals surface area contributed by atoms with Gasteiger partial charge in [-0.1, -0.05) is 0 Å². The van der Waals surface area contributed by atoms with Crippen LogP contribution in [-0.4, -0.2) is 7.11 Å². The molecule has 74 valence electrons. The normalized spacial score (nSPS) is 10.8. The molecule has 0 saturated carbocycles. The van der Waals surface area contributed by atoms with Crippen LogP contribution in [0.2, 0.25) is 0 Å². The van der Waals surface area contributed by atoms with E-state index < -0.39 is 0 Å². The van der Waals surface area contributed by atoms with E-state index in [1.54, 1.807) is 18.4 Å². The Kier molecular flexibility index (Phi) is 3.00. The summed E-state index contributed by atoms with van der Waals surface area (Å²) in [5, 5.41) is 1.19. The third-order valence-electron chi connectivity index (χ3n) is 2.03. The fraction of sp³-hybridized carbons (Fsp3) is 0.200. The van der Waals surface area contributed by atoms with Gasteiger partial charge in [-0.3, -0.25) is 0 Å². The van der Waals surface area contributed by atoms with Gasteiger partial charge < -0.3 is 4.74 Å². The summed E-state index contributed by atoms with van der Waals surface area (Å²) in [4.78, 5) is 0. The maximum Gasteiger partial charge on any atom is 0.123 e. The minimum absolute atomic E-state index is 0.481. The number of benzene rings is 1. The van der Waals surface area contributed by atoms with E-state index in [0.717, 1.165) is 15.1 Å². The molecule has 0 atom stereocenters. The van der Waals surface area contributed by atoms with Crippen molar-refractivity contribution in [3.05, 3.63) is 27.5 Å². The van der Waals surface area contributed by atoms with E-state index in [0.29, 0.717) is 5.88 Å². The number of hydrogen-bond donors (Lipinski definition) is 0. The van der Waals surface area contributed by atoms with Crippen LogP contribution in [0.5, 0.6) is 5.75 Å². The average Bonchev–Trinajstić information content (AvgIpc) is 2.54. The van der Waals surface area contributed by atoms with Crippen molar-refractivity contribution in [3.63, 3.8) is 0 Å². The quantitative estimate of drug-likeness (QED) is 0.745. The van der Waals surface area contributed by atoms with Crippen LogP contribution in [0.25, 0.3) is 10.1 Å². The zero-order valence-electron chi connectivity index (χ0n) is 7.51. The third kappa shape index (κ3) is 1.76. The zero-order chi connectivity index (χ0) is 10.1. The van der Waals surface area contributed by atoms with E-state index >= 15 is 0 Å². The molecule has 0 amide bonds. The minimum Gasteiger partial charge on any atom is -0.496 e. The fourth-order valence-electron chi connectivity index (χ4n) is 1.37. The maximum atomic E-state index is 5.83. The van der Waals surface area contributed by atoms with Gasteiger partial charge in [0, 0.05) is 10.3 Å². The van der Waals surface area contributed by atoms with Crippen LogP contribution >= 0.6 is 38.9 Å². The molecule has 0 radical (unpaired) electrons. The van der Waals surface area contributed by atoms with Crippen LogP contribution < -0.4 is 4.74 Å². The van der Waals surface area contributed by atoms with Crippen molar-refractivity contribution in [1.29, 1.82) is 0 Å². The Morgan fingerprint density at radius 1 is 1.43 bits per heavy atom. The highest BCUT2D eigenvalue weighted by atomic mass is 79.9. The monoisotopic (exact) mass is 290 g/mol. The number of fused-ring (bicyclic) bond motifs is 1. The first-order valence-corrected chi connectivity index (χ1v) is 6.21. The summed E-state index contributed by atoms with van der Waals surface area (Å²) >= 11 is 11.0. The van der Waals surface area contributed by atoms with E-state index in [9.17, 15) is 0 Å². The van der Waals surface area contributed by atoms with Crippen molar-refractivity contribution in [1.82, 2.24) is 0 Å². The van der Waals surface area contributed by atoms with E-state index in [-0.39, 0.29) is 0 Å². The van der Waals surface area contributed by atoms with Gasteiger partial charge in [0.25, 0.3) is 0 Å². The molecule has 0 spiro atoms. The summed E-state index contributed by atoms with van der Waals surface area (Å²) < 4.78 is 7.61. The number of methoxy groups -OCH3 is 1. The Labute approximate surface area is 99.8 Å². The molecular weight excluding hydrogens is 284 g/mol. The molecule has 1 heterocycles. The fourth-order valence-corrected chi connectivity index (χ4v) is 3.18. The van der Waals surface area contributed by atoms with Gasteiger partial charge in [0.2, 0.25) is 0 Å². The molecule has 0 bridgehead atoms. The predicted octanol–water partition coefficient (Wildman–Crippen LogP) is 4.41. The van der Waals surface area contributed by atoms with E-state index in [2.05, 4.69) is 28.1 Å². The van der Waals surface area contributed by atoms with E-state index in [4.69, 9.17) is 16.3 Å². The van der Waals surface area contributed by atoms with Gasteiger partial charge in [-0.05, 0) is 39.5 Å². The Bertz CT molecular complexity index is 425. The molecule has 1 aromatic heterocycles. The predicted molar refractivity (Wildman–Crippen MR) is 65.6 cm³/mol. The Morgan fingerprint density at radius 3 is 2.86 bits per heavy atom. The lowest BCUT2D eigenvalue weighted by molar-refractivity contribution is 0.412. The lowest BCUT2D eigenvalue weighted by atomic mass is 10.2. The lowest BCUT2D eigenvalue weighted by Gasteiger charge is -2.05. The molecule has 0 aliphatic rings. The molecule has 0 unspecified atom stereocenters. The second-order valence-corrected chi connectivity index (χ2v) is 5.62. The molecule has 0 N–H and O–H groups in total. The summed E-state index contributed by atoms with van der Waals surface area (Å²) in [6.45, 7) is 0. The van der Waals surface area contributed by atoms with Crippen molar-refractivity contribution in [2.75, 3.05) is 7.11 Å².